The van der Waals surface area contributed by atoms with Crippen molar-refractivity contribution in [3.63, 3.8) is 0 Å². The number of nitrogens with one attached hydrogen (secondary N) is 1. The van der Waals surface area contributed by atoms with E-state index >= 15 is 0 Å². The molecule has 156 valence electrons. The lowest BCUT2D eigenvalue weighted by Crippen LogP contribution is -2.88. The van der Waals surface area contributed by atoms with Crippen molar-refractivity contribution in [2.24, 2.45) is 0 Å². The third kappa shape index (κ3) is 6.71. The van der Waals surface area contributed by atoms with Gasteiger partial charge in [-0.05, 0) is 24.8 Å². The van der Waals surface area contributed by atoms with Crippen LogP contribution in [0.4, 0.5) is 0 Å². The Morgan fingerprint density at radius 2 is 1.79 bits per heavy atom. The number of unbranched alkanes of at least 4 members (excludes halogenated alkanes) is 2. The summed E-state index contributed by atoms with van der Waals surface area (Å²) in [7, 11) is 0. The standard InChI is InChI=1S/C23H37N3O2/c1-3-5-15-23(16-6-4-2)22(28)26(19-25-23)18-10-17-24-21(27)14-13-20-11-8-7-9-12-20/h7-9,11-12,25H,3-6,10,13-19H2,1-2H3,(H,24,27)/p+1. The third-order valence-corrected chi connectivity index (χ3v) is 5.73. The summed E-state index contributed by atoms with van der Waals surface area (Å²) in [6.07, 6.45) is 8.47. The molecule has 28 heavy (non-hydrogen) atoms. The summed E-state index contributed by atoms with van der Waals surface area (Å²) in [6.45, 7) is 6.47. The number of amides is 2. The highest BCUT2D eigenvalue weighted by Gasteiger charge is 2.44. The van der Waals surface area contributed by atoms with Crippen LogP contribution >= 0.6 is 0 Å². The number of nitrogens with zero attached hydrogens (tertiary/aromatic N) is 1. The molecule has 0 atom stereocenters. The molecule has 5 heteroatoms. The predicted octanol–water partition coefficient (Wildman–Crippen LogP) is 2.61. The monoisotopic (exact) mass is 388 g/mol. The lowest BCUT2D eigenvalue weighted by molar-refractivity contribution is -0.569. The lowest BCUT2D eigenvalue weighted by Gasteiger charge is -2.27. The first kappa shape index (κ1) is 22.6. The van der Waals surface area contributed by atoms with Crippen molar-refractivity contribution in [2.75, 3.05) is 19.8 Å². The molecule has 3 N–H and O–H groups in total. The average molecular weight is 389 g/mol. The van der Waals surface area contributed by atoms with Crippen LogP contribution in [0.15, 0.2) is 30.3 Å². The largest absolute Gasteiger partial charge is 0.328 e. The van der Waals surface area contributed by atoms with Gasteiger partial charge in [-0.2, -0.15) is 0 Å². The van der Waals surface area contributed by atoms with Crippen LogP contribution in [0.5, 0.6) is 0 Å². The van der Waals surface area contributed by atoms with E-state index in [2.05, 4.69) is 31.3 Å². The van der Waals surface area contributed by atoms with Crippen molar-refractivity contribution in [1.29, 1.82) is 0 Å². The van der Waals surface area contributed by atoms with E-state index < -0.39 is 0 Å². The molecule has 0 unspecified atom stereocenters. The fourth-order valence-electron chi connectivity index (χ4n) is 3.91. The molecule has 1 saturated heterocycles. The van der Waals surface area contributed by atoms with E-state index in [1.807, 2.05) is 23.1 Å². The minimum atomic E-state index is -0.346. The number of nitrogens with two attached hydrogens (primary N) is 1. The summed E-state index contributed by atoms with van der Waals surface area (Å²) < 4.78 is 0. The number of hydrogen-bond acceptors (Lipinski definition) is 3. The number of carbonyl (C=O) groups is 2. The zero-order valence-electron chi connectivity index (χ0n) is 17.7. The van der Waals surface area contributed by atoms with Crippen LogP contribution in [0.3, 0.4) is 0 Å². The van der Waals surface area contributed by atoms with Crippen molar-refractivity contribution in [3.8, 4) is 0 Å². The number of quaternary nitrogens is 1. The van der Waals surface area contributed by atoms with Crippen LogP contribution < -0.4 is 10.6 Å². The van der Waals surface area contributed by atoms with E-state index in [9.17, 15) is 9.59 Å². The molecule has 0 saturated carbocycles. The van der Waals surface area contributed by atoms with Gasteiger partial charge in [0.05, 0.1) is 25.2 Å². The molecule has 0 bridgehead atoms. The zero-order chi connectivity index (χ0) is 20.2. The summed E-state index contributed by atoms with van der Waals surface area (Å²) >= 11 is 0. The molecule has 0 radical (unpaired) electrons. The SMILES string of the molecule is CCCCC1(CCCC)NCN(CCC[NH2+]C(=O)CCc2ccccc2)C1=O. The van der Waals surface area contributed by atoms with Gasteiger partial charge in [-0.1, -0.05) is 69.9 Å². The predicted molar refractivity (Wildman–Crippen MR) is 113 cm³/mol. The fraction of sp³-hybridized carbons (Fsp3) is 0.652. The second-order valence-corrected chi connectivity index (χ2v) is 7.99. The Morgan fingerprint density at radius 3 is 2.43 bits per heavy atom. The number of aryl methyl sites for hydroxylation is 1. The summed E-state index contributed by atoms with van der Waals surface area (Å²) in [5.74, 6) is 0.472. The maximum Gasteiger partial charge on any atom is 0.310 e. The molecule has 1 fully saturated rings. The Kier molecular flexibility index (Phi) is 9.65. The Labute approximate surface area is 170 Å². The smallest absolute Gasteiger partial charge is 0.310 e. The molecule has 0 aliphatic carbocycles. The van der Waals surface area contributed by atoms with Crippen LogP contribution in [0.25, 0.3) is 0 Å². The number of carbonyl (C=O) groups excluding carboxylic acids is 2. The maximum atomic E-state index is 13.0. The normalized spacial score (nSPS) is 15.9. The van der Waals surface area contributed by atoms with E-state index in [4.69, 9.17) is 0 Å². The molecule has 0 aromatic heterocycles. The zero-order valence-corrected chi connectivity index (χ0v) is 17.7. The van der Waals surface area contributed by atoms with Gasteiger partial charge in [-0.3, -0.25) is 15.4 Å². The topological polar surface area (TPSA) is 66.0 Å². The summed E-state index contributed by atoms with van der Waals surface area (Å²) in [4.78, 5) is 27.0. The van der Waals surface area contributed by atoms with Gasteiger partial charge in [-0.15, -0.1) is 0 Å². The fourth-order valence-corrected chi connectivity index (χ4v) is 3.91. The van der Waals surface area contributed by atoms with Gasteiger partial charge in [0.15, 0.2) is 0 Å². The number of benzene rings is 1. The summed E-state index contributed by atoms with van der Waals surface area (Å²) in [5, 5.41) is 5.33. The van der Waals surface area contributed by atoms with Crippen molar-refractivity contribution in [2.45, 2.75) is 77.2 Å². The van der Waals surface area contributed by atoms with E-state index in [0.29, 0.717) is 13.1 Å². The molecule has 1 aromatic rings. The first-order chi connectivity index (χ1) is 13.6. The number of primary amides is 1. The maximum absolute atomic E-state index is 13.0. The van der Waals surface area contributed by atoms with E-state index in [1.54, 1.807) is 5.32 Å². The molecule has 1 heterocycles. The Hall–Kier alpha value is -1.72. The van der Waals surface area contributed by atoms with Gasteiger partial charge >= 0.3 is 5.91 Å². The first-order valence-corrected chi connectivity index (χ1v) is 11.1. The third-order valence-electron chi connectivity index (χ3n) is 5.73. The quantitative estimate of drug-likeness (QED) is 0.511. The van der Waals surface area contributed by atoms with E-state index in [-0.39, 0.29) is 17.4 Å². The molecule has 2 amide bonds. The molecule has 0 spiro atoms. The molecular weight excluding hydrogens is 350 g/mol. The first-order valence-electron chi connectivity index (χ1n) is 11.1. The van der Waals surface area contributed by atoms with E-state index in [0.717, 1.165) is 64.5 Å². The highest BCUT2D eigenvalue weighted by molar-refractivity contribution is 5.88. The van der Waals surface area contributed by atoms with Crippen LogP contribution in [0.2, 0.25) is 0 Å². The lowest BCUT2D eigenvalue weighted by atomic mass is 9.87. The molecule has 1 aromatic carbocycles. The van der Waals surface area contributed by atoms with Gasteiger partial charge in [0.25, 0.3) is 0 Å². The van der Waals surface area contributed by atoms with E-state index in [1.165, 1.54) is 5.56 Å². The Balaban J connectivity index is 1.69. The average Bonchev–Trinajstić information content (AvgIpc) is 3.03. The summed E-state index contributed by atoms with van der Waals surface area (Å²) in [5.41, 5.74) is 0.856. The van der Waals surface area contributed by atoms with Crippen LogP contribution in [-0.2, 0) is 16.0 Å². The minimum absolute atomic E-state index is 0.204. The second kappa shape index (κ2) is 12.0. The number of hydrogen-bond donors (Lipinski definition) is 2. The highest BCUT2D eigenvalue weighted by atomic mass is 16.2. The van der Waals surface area contributed by atoms with Crippen molar-refractivity contribution in [3.05, 3.63) is 35.9 Å². The van der Waals surface area contributed by atoms with Crippen LogP contribution in [0, 0.1) is 0 Å². The Bertz CT molecular complexity index is 595. The van der Waals surface area contributed by atoms with Crippen molar-refractivity contribution < 1.29 is 14.9 Å². The minimum Gasteiger partial charge on any atom is -0.328 e. The van der Waals surface area contributed by atoms with Crippen molar-refractivity contribution >= 4 is 11.8 Å². The molecule has 1 aliphatic rings. The van der Waals surface area contributed by atoms with Gasteiger partial charge in [0.1, 0.15) is 0 Å². The van der Waals surface area contributed by atoms with Crippen LogP contribution in [-0.4, -0.2) is 42.0 Å². The van der Waals surface area contributed by atoms with Gasteiger partial charge in [-0.25, -0.2) is 4.79 Å². The molecular formula is C23H38N3O2+. The van der Waals surface area contributed by atoms with Gasteiger partial charge in [0, 0.05) is 13.0 Å². The molecule has 1 aliphatic heterocycles. The van der Waals surface area contributed by atoms with Crippen LogP contribution in [0.1, 0.15) is 70.8 Å². The molecule has 5 nitrogen and oxygen atoms in total. The Morgan fingerprint density at radius 1 is 1.11 bits per heavy atom. The van der Waals surface area contributed by atoms with Gasteiger partial charge in [0.2, 0.25) is 5.91 Å². The molecule has 2 rings (SSSR count). The summed E-state index contributed by atoms with van der Waals surface area (Å²) in [6, 6.07) is 10.1. The highest BCUT2D eigenvalue weighted by Crippen LogP contribution is 2.28. The van der Waals surface area contributed by atoms with Crippen molar-refractivity contribution in [1.82, 2.24) is 10.2 Å². The second-order valence-electron chi connectivity index (χ2n) is 7.99. The number of rotatable bonds is 13. The van der Waals surface area contributed by atoms with Gasteiger partial charge < -0.3 is 4.90 Å².